The van der Waals surface area contributed by atoms with Crippen LogP contribution in [0, 0.1) is 6.92 Å². The van der Waals surface area contributed by atoms with Crippen LogP contribution in [0.4, 0.5) is 5.69 Å². The first-order chi connectivity index (χ1) is 10.2. The third-order valence-electron chi connectivity index (χ3n) is 4.05. The molecular weight excluding hydrogens is 262 g/mol. The lowest BCUT2D eigenvalue weighted by atomic mass is 10.0. The van der Waals surface area contributed by atoms with Gasteiger partial charge in [0.25, 0.3) is 0 Å². The van der Waals surface area contributed by atoms with Gasteiger partial charge in [0.05, 0.1) is 0 Å². The summed E-state index contributed by atoms with van der Waals surface area (Å²) in [7, 11) is 1.92. The number of likely N-dealkylation sites (tertiary alicyclic amines) is 1. The highest BCUT2D eigenvalue weighted by molar-refractivity contribution is 5.76. The van der Waals surface area contributed by atoms with Crippen molar-refractivity contribution >= 4 is 11.6 Å². The Hall–Kier alpha value is -1.55. The van der Waals surface area contributed by atoms with Gasteiger partial charge in [-0.1, -0.05) is 12.1 Å². The van der Waals surface area contributed by atoms with Gasteiger partial charge < -0.3 is 15.5 Å². The van der Waals surface area contributed by atoms with E-state index in [-0.39, 0.29) is 0 Å². The molecule has 0 saturated carbocycles. The fraction of sp³-hybridized carbons (Fsp3) is 0.588. The number of hydrogen-bond acceptors (Lipinski definition) is 3. The summed E-state index contributed by atoms with van der Waals surface area (Å²) >= 11 is 0. The van der Waals surface area contributed by atoms with Crippen molar-refractivity contribution in [1.29, 1.82) is 0 Å². The Bertz CT molecular complexity index is 453. The maximum Gasteiger partial charge on any atom is 0.222 e. The molecule has 116 valence electrons. The second-order valence-electron chi connectivity index (χ2n) is 5.88. The van der Waals surface area contributed by atoms with Crippen LogP contribution in [0.1, 0.15) is 31.2 Å². The van der Waals surface area contributed by atoms with Crippen LogP contribution in [-0.4, -0.2) is 43.5 Å². The smallest absolute Gasteiger partial charge is 0.222 e. The lowest BCUT2D eigenvalue weighted by Gasteiger charge is -2.33. The maximum absolute atomic E-state index is 12.1. The molecule has 2 rings (SSSR count). The average molecular weight is 289 g/mol. The number of nitrogens with zero attached hydrogens (tertiary/aromatic N) is 1. The summed E-state index contributed by atoms with van der Waals surface area (Å²) in [6.07, 6.45) is 3.66. The molecule has 0 aliphatic carbocycles. The number of carbonyl (C=O) groups is 1. The Balaban J connectivity index is 1.74. The van der Waals surface area contributed by atoms with Crippen molar-refractivity contribution in [3.63, 3.8) is 0 Å². The molecule has 1 fully saturated rings. The zero-order valence-corrected chi connectivity index (χ0v) is 13.2. The van der Waals surface area contributed by atoms with E-state index in [1.807, 2.05) is 11.9 Å². The maximum atomic E-state index is 12.1. The highest BCUT2D eigenvalue weighted by atomic mass is 16.2. The summed E-state index contributed by atoms with van der Waals surface area (Å²) < 4.78 is 0. The minimum Gasteiger partial charge on any atom is -0.382 e. The molecule has 0 unspecified atom stereocenters. The van der Waals surface area contributed by atoms with Gasteiger partial charge in [0, 0.05) is 31.2 Å². The molecule has 0 aromatic heterocycles. The van der Waals surface area contributed by atoms with Crippen molar-refractivity contribution in [1.82, 2.24) is 10.2 Å². The van der Waals surface area contributed by atoms with Gasteiger partial charge in [-0.15, -0.1) is 0 Å². The number of carbonyl (C=O) groups excluding carboxylic acids is 1. The van der Waals surface area contributed by atoms with Crippen molar-refractivity contribution < 1.29 is 4.79 Å². The quantitative estimate of drug-likeness (QED) is 0.790. The van der Waals surface area contributed by atoms with E-state index >= 15 is 0 Å². The molecule has 0 atom stereocenters. The minimum absolute atomic E-state index is 0.305. The molecule has 1 heterocycles. The Morgan fingerprint density at radius 3 is 2.76 bits per heavy atom. The van der Waals surface area contributed by atoms with E-state index in [1.54, 1.807) is 0 Å². The summed E-state index contributed by atoms with van der Waals surface area (Å²) in [5.74, 6) is 0.305. The van der Waals surface area contributed by atoms with E-state index in [0.29, 0.717) is 18.4 Å². The third kappa shape index (κ3) is 5.05. The molecule has 0 bridgehead atoms. The highest BCUT2D eigenvalue weighted by Crippen LogP contribution is 2.18. The SMILES string of the molecule is CNCCCC(=O)N1CCC(Nc2cccc(C)c2)CC1. The lowest BCUT2D eigenvalue weighted by Crippen LogP contribution is -2.42. The van der Waals surface area contributed by atoms with Crippen molar-refractivity contribution in [3.05, 3.63) is 29.8 Å². The molecule has 0 radical (unpaired) electrons. The van der Waals surface area contributed by atoms with Crippen LogP contribution in [0.25, 0.3) is 0 Å². The molecule has 4 nitrogen and oxygen atoms in total. The highest BCUT2D eigenvalue weighted by Gasteiger charge is 2.22. The normalized spacial score (nSPS) is 16.0. The Kier molecular flexibility index (Phi) is 6.05. The molecule has 1 aliphatic rings. The van der Waals surface area contributed by atoms with Gasteiger partial charge in [0.2, 0.25) is 5.91 Å². The molecule has 1 aromatic carbocycles. The summed E-state index contributed by atoms with van der Waals surface area (Å²) in [5, 5.41) is 6.67. The number of nitrogens with one attached hydrogen (secondary N) is 2. The number of benzene rings is 1. The van der Waals surface area contributed by atoms with Crippen LogP contribution in [0.5, 0.6) is 0 Å². The number of anilines is 1. The van der Waals surface area contributed by atoms with Crippen LogP contribution < -0.4 is 10.6 Å². The predicted molar refractivity (Wildman–Crippen MR) is 87.6 cm³/mol. The molecule has 1 aliphatic heterocycles. The van der Waals surface area contributed by atoms with Gasteiger partial charge in [-0.2, -0.15) is 0 Å². The molecular formula is C17H27N3O. The second kappa shape index (κ2) is 8.03. The second-order valence-corrected chi connectivity index (χ2v) is 5.88. The summed E-state index contributed by atoms with van der Waals surface area (Å²) in [6, 6.07) is 8.96. The Morgan fingerprint density at radius 2 is 2.10 bits per heavy atom. The summed E-state index contributed by atoms with van der Waals surface area (Å²) in [4.78, 5) is 14.1. The van der Waals surface area contributed by atoms with E-state index in [0.717, 1.165) is 38.9 Å². The van der Waals surface area contributed by atoms with Crippen LogP contribution in [0.15, 0.2) is 24.3 Å². The van der Waals surface area contributed by atoms with Crippen LogP contribution in [0.2, 0.25) is 0 Å². The molecule has 0 spiro atoms. The summed E-state index contributed by atoms with van der Waals surface area (Å²) in [6.45, 7) is 4.78. The van der Waals surface area contributed by atoms with Gasteiger partial charge >= 0.3 is 0 Å². The molecule has 21 heavy (non-hydrogen) atoms. The third-order valence-corrected chi connectivity index (χ3v) is 4.05. The average Bonchev–Trinajstić information content (AvgIpc) is 2.48. The van der Waals surface area contributed by atoms with Gasteiger partial charge in [-0.3, -0.25) is 4.79 Å². The van der Waals surface area contributed by atoms with Gasteiger partial charge in [-0.25, -0.2) is 0 Å². The number of aryl methyl sites for hydroxylation is 1. The fourth-order valence-electron chi connectivity index (χ4n) is 2.82. The van der Waals surface area contributed by atoms with Crippen LogP contribution in [0.3, 0.4) is 0 Å². The monoisotopic (exact) mass is 289 g/mol. The van der Waals surface area contributed by atoms with E-state index in [4.69, 9.17) is 0 Å². The zero-order chi connectivity index (χ0) is 15.1. The molecule has 1 amide bonds. The van der Waals surface area contributed by atoms with Gasteiger partial charge in [0.1, 0.15) is 0 Å². The van der Waals surface area contributed by atoms with Crippen LogP contribution in [-0.2, 0) is 4.79 Å². The van der Waals surface area contributed by atoms with E-state index in [1.165, 1.54) is 11.3 Å². The Morgan fingerprint density at radius 1 is 1.33 bits per heavy atom. The van der Waals surface area contributed by atoms with Crippen molar-refractivity contribution in [2.24, 2.45) is 0 Å². The molecule has 1 aromatic rings. The largest absolute Gasteiger partial charge is 0.382 e. The number of hydrogen-bond donors (Lipinski definition) is 2. The number of piperidine rings is 1. The topological polar surface area (TPSA) is 44.4 Å². The van der Waals surface area contributed by atoms with Crippen molar-refractivity contribution in [2.75, 3.05) is 32.0 Å². The first-order valence-electron chi connectivity index (χ1n) is 7.94. The zero-order valence-electron chi connectivity index (χ0n) is 13.2. The Labute approximate surface area is 127 Å². The number of rotatable bonds is 6. The standard InChI is InChI=1S/C17H27N3O/c1-14-5-3-6-16(13-14)19-15-8-11-20(12-9-15)17(21)7-4-10-18-2/h3,5-6,13,15,18-19H,4,7-12H2,1-2H3. The first kappa shape index (κ1) is 15.8. The van der Waals surface area contributed by atoms with Crippen LogP contribution >= 0.6 is 0 Å². The first-order valence-corrected chi connectivity index (χ1v) is 7.94. The molecule has 4 heteroatoms. The molecule has 1 saturated heterocycles. The minimum atomic E-state index is 0.305. The molecule has 2 N–H and O–H groups in total. The van der Waals surface area contributed by atoms with E-state index in [2.05, 4.69) is 41.8 Å². The van der Waals surface area contributed by atoms with Gasteiger partial charge in [0.15, 0.2) is 0 Å². The van der Waals surface area contributed by atoms with E-state index in [9.17, 15) is 4.79 Å². The van der Waals surface area contributed by atoms with Crippen molar-refractivity contribution in [3.8, 4) is 0 Å². The van der Waals surface area contributed by atoms with Gasteiger partial charge in [-0.05, 0) is 57.5 Å². The fourth-order valence-corrected chi connectivity index (χ4v) is 2.82. The lowest BCUT2D eigenvalue weighted by molar-refractivity contribution is -0.132. The summed E-state index contributed by atoms with van der Waals surface area (Å²) in [5.41, 5.74) is 2.46. The predicted octanol–water partition coefficient (Wildman–Crippen LogP) is 2.40. The van der Waals surface area contributed by atoms with E-state index < -0.39 is 0 Å². The number of amides is 1. The van der Waals surface area contributed by atoms with Crippen molar-refractivity contribution in [2.45, 2.75) is 38.6 Å².